The second-order valence-electron chi connectivity index (χ2n) is 3.36. The first-order valence-corrected chi connectivity index (χ1v) is 4.96. The van der Waals surface area contributed by atoms with Gasteiger partial charge < -0.3 is 15.5 Å². The maximum atomic E-state index is 11.0. The Morgan fingerprint density at radius 1 is 1.17 bits per heavy atom. The van der Waals surface area contributed by atoms with Gasteiger partial charge in [0.15, 0.2) is 0 Å². The summed E-state index contributed by atoms with van der Waals surface area (Å²) in [5.74, 6) is -3.01. The van der Waals surface area contributed by atoms with Crippen molar-refractivity contribution in [1.82, 2.24) is 5.32 Å². The van der Waals surface area contributed by atoms with Crippen LogP contribution in [0.5, 0.6) is 0 Å². The minimum atomic E-state index is -1.25. The van der Waals surface area contributed by atoms with Gasteiger partial charge >= 0.3 is 11.9 Å². The number of carbonyl (C=O) groups is 3. The highest BCUT2D eigenvalue weighted by molar-refractivity contribution is 5.97. The average Bonchev–Trinajstić information content (AvgIpc) is 2.34. The van der Waals surface area contributed by atoms with Crippen LogP contribution in [0.3, 0.4) is 0 Å². The Hall–Kier alpha value is -2.63. The van der Waals surface area contributed by atoms with Crippen LogP contribution < -0.4 is 5.32 Å². The van der Waals surface area contributed by atoms with Crippen molar-refractivity contribution in [2.24, 2.45) is 0 Å². The minimum absolute atomic E-state index is 0.0488. The van der Waals surface area contributed by atoms with E-state index < -0.39 is 17.8 Å². The van der Waals surface area contributed by atoms with Gasteiger partial charge in [0, 0.05) is 12.1 Å². The van der Waals surface area contributed by atoms with E-state index in [1.807, 2.05) is 0 Å². The lowest BCUT2D eigenvalue weighted by Crippen LogP contribution is -2.23. The van der Waals surface area contributed by atoms with Gasteiger partial charge in [0.2, 0.25) is 5.91 Å². The molecule has 3 N–H and O–H groups in total. The first kappa shape index (κ1) is 13.4. The van der Waals surface area contributed by atoms with Crippen molar-refractivity contribution < 1.29 is 24.6 Å². The number of amides is 1. The molecule has 0 heterocycles. The zero-order valence-corrected chi connectivity index (χ0v) is 9.34. The number of benzene rings is 1. The van der Waals surface area contributed by atoms with Crippen LogP contribution in [0.2, 0.25) is 0 Å². The summed E-state index contributed by atoms with van der Waals surface area (Å²) >= 11 is 0. The molecule has 0 aliphatic carbocycles. The molecule has 6 nitrogen and oxygen atoms in total. The van der Waals surface area contributed by atoms with Crippen molar-refractivity contribution in [3.8, 4) is 0 Å². The molecule has 0 aromatic heterocycles. The van der Waals surface area contributed by atoms with Crippen molar-refractivity contribution in [3.05, 3.63) is 47.5 Å². The molecule has 1 aromatic rings. The van der Waals surface area contributed by atoms with Gasteiger partial charge in [-0.3, -0.25) is 4.79 Å². The molecule has 0 aliphatic heterocycles. The van der Waals surface area contributed by atoms with Gasteiger partial charge in [-0.25, -0.2) is 9.59 Å². The zero-order chi connectivity index (χ0) is 13.7. The van der Waals surface area contributed by atoms with E-state index in [1.54, 1.807) is 0 Å². The molecular weight excluding hydrogens is 238 g/mol. The third-order valence-corrected chi connectivity index (χ3v) is 2.26. The Kier molecular flexibility index (Phi) is 4.20. The number of aromatic carboxylic acids is 2. The first-order valence-electron chi connectivity index (χ1n) is 4.96. The van der Waals surface area contributed by atoms with E-state index in [2.05, 4.69) is 11.9 Å². The van der Waals surface area contributed by atoms with Crippen molar-refractivity contribution in [2.75, 3.05) is 0 Å². The Balaban J connectivity index is 3.18. The van der Waals surface area contributed by atoms with E-state index in [9.17, 15) is 14.4 Å². The molecule has 0 unspecified atom stereocenters. The number of carbonyl (C=O) groups excluding carboxylic acids is 1. The zero-order valence-electron chi connectivity index (χ0n) is 9.34. The molecule has 0 saturated heterocycles. The lowest BCUT2D eigenvalue weighted by Gasteiger charge is -2.10. The standard InChI is InChI=1S/C12H11NO5/c1-2-10(14)13-6-9-7(11(15)16)4-3-5-8(9)12(17)18/h2-5H,1,6H2,(H,13,14)(H,15,16)(H,17,18). The van der Waals surface area contributed by atoms with Gasteiger partial charge in [-0.15, -0.1) is 0 Å². The van der Waals surface area contributed by atoms with Gasteiger partial charge in [0.25, 0.3) is 0 Å². The molecule has 1 rings (SSSR count). The highest BCUT2D eigenvalue weighted by atomic mass is 16.4. The van der Waals surface area contributed by atoms with Crippen molar-refractivity contribution in [2.45, 2.75) is 6.54 Å². The molecule has 1 aromatic carbocycles. The van der Waals surface area contributed by atoms with Gasteiger partial charge in [0.05, 0.1) is 11.1 Å². The van der Waals surface area contributed by atoms with Crippen LogP contribution in [0, 0.1) is 0 Å². The van der Waals surface area contributed by atoms with Crippen molar-refractivity contribution in [3.63, 3.8) is 0 Å². The van der Waals surface area contributed by atoms with Gasteiger partial charge in [-0.05, 0) is 18.2 Å². The summed E-state index contributed by atoms with van der Waals surface area (Å²) in [4.78, 5) is 33.0. The van der Waals surface area contributed by atoms with E-state index in [0.29, 0.717) is 0 Å². The molecule has 18 heavy (non-hydrogen) atoms. The van der Waals surface area contributed by atoms with Crippen LogP contribution in [-0.2, 0) is 11.3 Å². The number of carboxylic acids is 2. The number of nitrogens with one attached hydrogen (secondary N) is 1. The van der Waals surface area contributed by atoms with Crippen LogP contribution in [0.25, 0.3) is 0 Å². The largest absolute Gasteiger partial charge is 0.478 e. The molecule has 0 fully saturated rings. The van der Waals surface area contributed by atoms with Gasteiger partial charge in [-0.2, -0.15) is 0 Å². The smallest absolute Gasteiger partial charge is 0.336 e. The van der Waals surface area contributed by atoms with E-state index in [0.717, 1.165) is 6.08 Å². The number of hydrogen-bond donors (Lipinski definition) is 3. The summed E-state index contributed by atoms with van der Waals surface area (Å²) in [6.07, 6.45) is 1.02. The van der Waals surface area contributed by atoms with Gasteiger partial charge in [0.1, 0.15) is 0 Å². The van der Waals surface area contributed by atoms with Crippen molar-refractivity contribution >= 4 is 17.8 Å². The van der Waals surface area contributed by atoms with Crippen LogP contribution >= 0.6 is 0 Å². The summed E-state index contributed by atoms with van der Waals surface area (Å²) < 4.78 is 0. The van der Waals surface area contributed by atoms with E-state index in [-0.39, 0.29) is 23.2 Å². The SMILES string of the molecule is C=CC(=O)NCc1c(C(=O)O)cccc1C(=O)O. The summed E-state index contributed by atoms with van der Waals surface area (Å²) in [5, 5.41) is 20.3. The Morgan fingerprint density at radius 2 is 1.67 bits per heavy atom. The topological polar surface area (TPSA) is 104 Å². The predicted octanol–water partition coefficient (Wildman–Crippen LogP) is 0.885. The number of rotatable bonds is 5. The lowest BCUT2D eigenvalue weighted by molar-refractivity contribution is -0.116. The molecule has 0 saturated carbocycles. The third kappa shape index (κ3) is 2.94. The van der Waals surface area contributed by atoms with Crippen LogP contribution in [0.4, 0.5) is 0 Å². The molecule has 0 radical (unpaired) electrons. The molecular formula is C12H11NO5. The Morgan fingerprint density at radius 3 is 2.06 bits per heavy atom. The summed E-state index contributed by atoms with van der Waals surface area (Å²) in [6.45, 7) is 3.06. The second kappa shape index (κ2) is 5.62. The maximum Gasteiger partial charge on any atom is 0.336 e. The monoisotopic (exact) mass is 249 g/mol. The molecule has 0 aliphatic rings. The van der Waals surface area contributed by atoms with Crippen molar-refractivity contribution in [1.29, 1.82) is 0 Å². The highest BCUT2D eigenvalue weighted by Gasteiger charge is 2.17. The average molecular weight is 249 g/mol. The Bertz CT molecular complexity index is 489. The molecule has 0 atom stereocenters. The molecule has 0 bridgehead atoms. The van der Waals surface area contributed by atoms with E-state index >= 15 is 0 Å². The number of hydrogen-bond acceptors (Lipinski definition) is 3. The number of carboxylic acid groups (broad SMARTS) is 2. The van der Waals surface area contributed by atoms with Crippen LogP contribution in [0.15, 0.2) is 30.9 Å². The molecule has 94 valence electrons. The summed E-state index contributed by atoms with van der Waals surface area (Å²) in [6, 6.07) is 3.90. The van der Waals surface area contributed by atoms with E-state index in [1.165, 1.54) is 18.2 Å². The van der Waals surface area contributed by atoms with Crippen LogP contribution in [-0.4, -0.2) is 28.1 Å². The molecule has 6 heteroatoms. The van der Waals surface area contributed by atoms with E-state index in [4.69, 9.17) is 10.2 Å². The normalized spacial score (nSPS) is 9.56. The fourth-order valence-corrected chi connectivity index (χ4v) is 1.43. The fraction of sp³-hybridized carbons (Fsp3) is 0.0833. The third-order valence-electron chi connectivity index (χ3n) is 2.26. The molecule has 1 amide bonds. The quantitative estimate of drug-likeness (QED) is 0.672. The fourth-order valence-electron chi connectivity index (χ4n) is 1.43. The van der Waals surface area contributed by atoms with Gasteiger partial charge in [-0.1, -0.05) is 12.6 Å². The summed E-state index contributed by atoms with van der Waals surface area (Å²) in [7, 11) is 0. The first-order chi connectivity index (χ1) is 8.47. The lowest BCUT2D eigenvalue weighted by atomic mass is 10.0. The molecule has 0 spiro atoms. The highest BCUT2D eigenvalue weighted by Crippen LogP contribution is 2.15. The Labute approximate surface area is 103 Å². The second-order valence-corrected chi connectivity index (χ2v) is 3.36. The van der Waals surface area contributed by atoms with Crippen LogP contribution in [0.1, 0.15) is 26.3 Å². The predicted molar refractivity (Wildman–Crippen MR) is 62.4 cm³/mol. The minimum Gasteiger partial charge on any atom is -0.478 e. The summed E-state index contributed by atoms with van der Waals surface area (Å²) in [5.41, 5.74) is -0.258. The maximum absolute atomic E-state index is 11.0.